The fourth-order valence-electron chi connectivity index (χ4n) is 3.50. The number of thioether (sulfide) groups is 2. The van der Waals surface area contributed by atoms with Crippen molar-refractivity contribution in [1.82, 2.24) is 0 Å². The van der Waals surface area contributed by atoms with E-state index >= 15 is 0 Å². The normalized spacial score (nSPS) is 22.4. The Kier molecular flexibility index (Phi) is 4.56. The molecule has 3 rings (SSSR count). The lowest BCUT2D eigenvalue weighted by Gasteiger charge is -2.29. The van der Waals surface area contributed by atoms with Gasteiger partial charge in [-0.1, -0.05) is 26.0 Å². The minimum atomic E-state index is 0.327. The molecule has 20 heavy (non-hydrogen) atoms. The van der Waals surface area contributed by atoms with Crippen LogP contribution in [0.3, 0.4) is 0 Å². The first-order valence-electron chi connectivity index (χ1n) is 7.96. The first-order chi connectivity index (χ1) is 9.80. The zero-order valence-electron chi connectivity index (χ0n) is 12.6. The summed E-state index contributed by atoms with van der Waals surface area (Å²) >= 11 is 4.41. The van der Waals surface area contributed by atoms with Gasteiger partial charge in [0.25, 0.3) is 0 Å². The second kappa shape index (κ2) is 6.23. The minimum Gasteiger partial charge on any atom is -0.385 e. The molecule has 1 unspecified atom stereocenters. The van der Waals surface area contributed by atoms with Gasteiger partial charge in [0, 0.05) is 12.2 Å². The molecule has 0 fully saturated rings. The Morgan fingerprint density at radius 1 is 1.20 bits per heavy atom. The lowest BCUT2D eigenvalue weighted by atomic mass is 9.93. The summed E-state index contributed by atoms with van der Waals surface area (Å²) in [5.74, 6) is 3.34. The third-order valence-corrected chi connectivity index (χ3v) is 7.96. The Morgan fingerprint density at radius 3 is 2.65 bits per heavy atom. The highest BCUT2D eigenvalue weighted by Crippen LogP contribution is 2.62. The van der Waals surface area contributed by atoms with Crippen molar-refractivity contribution >= 4 is 29.2 Å². The van der Waals surface area contributed by atoms with E-state index in [0.717, 1.165) is 12.5 Å². The van der Waals surface area contributed by atoms with Crippen molar-refractivity contribution in [3.05, 3.63) is 29.3 Å². The first kappa shape index (κ1) is 14.6. The van der Waals surface area contributed by atoms with Crippen LogP contribution in [0.5, 0.6) is 0 Å². The number of hydrogen-bond acceptors (Lipinski definition) is 3. The van der Waals surface area contributed by atoms with E-state index in [0.29, 0.717) is 4.08 Å². The maximum absolute atomic E-state index is 3.61. The summed E-state index contributed by atoms with van der Waals surface area (Å²) in [6.07, 6.45) is 5.20. The molecule has 0 radical (unpaired) electrons. The maximum Gasteiger partial charge on any atom is 0.0869 e. The molecule has 0 saturated heterocycles. The molecule has 2 aliphatic rings. The van der Waals surface area contributed by atoms with Gasteiger partial charge in [-0.25, -0.2) is 0 Å². The molecule has 1 aliphatic heterocycles. The van der Waals surface area contributed by atoms with Crippen molar-refractivity contribution in [2.24, 2.45) is 0 Å². The highest BCUT2D eigenvalue weighted by atomic mass is 32.2. The SMILES string of the molecule is CCCSC1(SCCC)CC2CCNc3cccc1c32. The van der Waals surface area contributed by atoms with Crippen molar-refractivity contribution in [2.45, 2.75) is 49.5 Å². The smallest absolute Gasteiger partial charge is 0.0869 e. The van der Waals surface area contributed by atoms with Crippen LogP contribution in [-0.2, 0) is 4.08 Å². The molecule has 1 aromatic rings. The highest BCUT2D eigenvalue weighted by molar-refractivity contribution is 8.17. The maximum atomic E-state index is 3.61. The Balaban J connectivity index is 1.98. The van der Waals surface area contributed by atoms with Crippen molar-refractivity contribution in [3.63, 3.8) is 0 Å². The summed E-state index contributed by atoms with van der Waals surface area (Å²) < 4.78 is 0.327. The van der Waals surface area contributed by atoms with Crippen molar-refractivity contribution in [1.29, 1.82) is 0 Å². The molecule has 0 saturated carbocycles. The number of anilines is 1. The molecule has 0 amide bonds. The predicted octanol–water partition coefficient (Wildman–Crippen LogP) is 5.43. The number of rotatable bonds is 6. The summed E-state index contributed by atoms with van der Waals surface area (Å²) in [6.45, 7) is 5.75. The highest BCUT2D eigenvalue weighted by Gasteiger charge is 2.46. The molecular formula is C17H25NS2. The van der Waals surface area contributed by atoms with Gasteiger partial charge in [0.15, 0.2) is 0 Å². The van der Waals surface area contributed by atoms with E-state index in [1.807, 2.05) is 0 Å². The van der Waals surface area contributed by atoms with Gasteiger partial charge in [0.05, 0.1) is 4.08 Å². The van der Waals surface area contributed by atoms with Crippen LogP contribution in [0.25, 0.3) is 0 Å². The van der Waals surface area contributed by atoms with Gasteiger partial charge in [-0.2, -0.15) is 0 Å². The van der Waals surface area contributed by atoms with E-state index in [4.69, 9.17) is 0 Å². The van der Waals surface area contributed by atoms with E-state index in [9.17, 15) is 0 Å². The average molecular weight is 308 g/mol. The van der Waals surface area contributed by atoms with Crippen molar-refractivity contribution < 1.29 is 0 Å². The van der Waals surface area contributed by atoms with Gasteiger partial charge in [0.1, 0.15) is 0 Å². The topological polar surface area (TPSA) is 12.0 Å². The lowest BCUT2D eigenvalue weighted by molar-refractivity contribution is 0.606. The van der Waals surface area contributed by atoms with E-state index < -0.39 is 0 Å². The quantitative estimate of drug-likeness (QED) is 0.704. The van der Waals surface area contributed by atoms with Crippen LogP contribution < -0.4 is 5.32 Å². The molecule has 1 N–H and O–H groups in total. The van der Waals surface area contributed by atoms with Gasteiger partial charge in [-0.3, -0.25) is 0 Å². The second-order valence-corrected chi connectivity index (χ2v) is 8.88. The monoisotopic (exact) mass is 307 g/mol. The standard InChI is InChI=1S/C17H25NS2/c1-3-10-19-17(20-11-4-2)12-13-8-9-18-15-7-5-6-14(17)16(13)15/h5-7,13,18H,3-4,8-12H2,1-2H3. The molecule has 1 nitrogen and oxygen atoms in total. The Morgan fingerprint density at radius 2 is 1.95 bits per heavy atom. The number of benzene rings is 1. The van der Waals surface area contributed by atoms with E-state index in [-0.39, 0.29) is 0 Å². The first-order valence-corrected chi connectivity index (χ1v) is 9.93. The molecule has 1 heterocycles. The molecular weight excluding hydrogens is 282 g/mol. The van der Waals surface area contributed by atoms with Crippen LogP contribution >= 0.6 is 23.5 Å². The van der Waals surface area contributed by atoms with E-state index in [2.05, 4.69) is 60.9 Å². The molecule has 1 atom stereocenters. The summed E-state index contributed by atoms with van der Waals surface area (Å²) in [5.41, 5.74) is 4.69. The molecule has 110 valence electrons. The minimum absolute atomic E-state index is 0.327. The zero-order valence-corrected chi connectivity index (χ0v) is 14.2. The van der Waals surface area contributed by atoms with Crippen LogP contribution in [0, 0.1) is 0 Å². The van der Waals surface area contributed by atoms with Gasteiger partial charge in [-0.15, -0.1) is 23.5 Å². The molecule has 0 bridgehead atoms. The Labute approximate surface area is 131 Å². The number of nitrogens with one attached hydrogen (secondary N) is 1. The largest absolute Gasteiger partial charge is 0.385 e. The fourth-order valence-corrected chi connectivity index (χ4v) is 6.71. The van der Waals surface area contributed by atoms with Crippen molar-refractivity contribution in [3.8, 4) is 0 Å². The second-order valence-electron chi connectivity index (χ2n) is 5.83. The van der Waals surface area contributed by atoms with Gasteiger partial charge in [-0.05, 0) is 60.3 Å². The van der Waals surface area contributed by atoms with Crippen LogP contribution in [0.4, 0.5) is 5.69 Å². The third-order valence-electron chi connectivity index (χ3n) is 4.33. The molecule has 3 heteroatoms. The van der Waals surface area contributed by atoms with Crippen LogP contribution in [-0.4, -0.2) is 18.1 Å². The fraction of sp³-hybridized carbons (Fsp3) is 0.647. The molecule has 1 aliphatic carbocycles. The number of hydrogen-bond donors (Lipinski definition) is 1. The summed E-state index contributed by atoms with van der Waals surface area (Å²) in [6, 6.07) is 6.93. The molecule has 1 aromatic carbocycles. The predicted molar refractivity (Wildman–Crippen MR) is 94.1 cm³/mol. The molecule has 0 spiro atoms. The van der Waals surface area contributed by atoms with Crippen LogP contribution in [0.2, 0.25) is 0 Å². The lowest BCUT2D eigenvalue weighted by Crippen LogP contribution is -2.16. The van der Waals surface area contributed by atoms with Crippen molar-refractivity contribution in [2.75, 3.05) is 23.4 Å². The van der Waals surface area contributed by atoms with E-state index in [1.54, 1.807) is 11.1 Å². The average Bonchev–Trinajstić information content (AvgIpc) is 2.80. The van der Waals surface area contributed by atoms with E-state index in [1.165, 1.54) is 42.9 Å². The van der Waals surface area contributed by atoms with Crippen LogP contribution in [0.1, 0.15) is 56.6 Å². The zero-order chi connectivity index (χ0) is 14.0. The summed E-state index contributed by atoms with van der Waals surface area (Å²) in [7, 11) is 0. The summed E-state index contributed by atoms with van der Waals surface area (Å²) in [4.78, 5) is 0. The summed E-state index contributed by atoms with van der Waals surface area (Å²) in [5, 5.41) is 3.61. The van der Waals surface area contributed by atoms with Gasteiger partial charge < -0.3 is 5.32 Å². The third kappa shape index (κ3) is 2.48. The molecule has 0 aromatic heterocycles. The van der Waals surface area contributed by atoms with Gasteiger partial charge in [0.2, 0.25) is 0 Å². The Hall–Kier alpha value is -0.280. The van der Waals surface area contributed by atoms with Crippen LogP contribution in [0.15, 0.2) is 18.2 Å². The van der Waals surface area contributed by atoms with Gasteiger partial charge >= 0.3 is 0 Å². The Bertz CT molecular complexity index is 464.